The first-order valence-electron chi connectivity index (χ1n) is 13.0. The standard InChI is InChI=1S/C28H39N5O/c1-5-31(6-2)18-12-11-17-29-23-15-16-24-26-25(23)28(34)22-14-10-9-13-21(22)27(26)30-33(24)20-19-32(7-3)8-4/h9-10,13-16,29H,5-8,11-12,17-20H2,1-4H3. The number of benzene rings is 2. The van der Waals surface area contributed by atoms with Gasteiger partial charge in [-0.25, -0.2) is 0 Å². The fourth-order valence-electron chi connectivity index (χ4n) is 5.03. The van der Waals surface area contributed by atoms with E-state index in [1.807, 2.05) is 24.3 Å². The molecule has 1 heterocycles. The van der Waals surface area contributed by atoms with Gasteiger partial charge in [0.2, 0.25) is 0 Å². The van der Waals surface area contributed by atoms with Crippen molar-refractivity contribution in [3.05, 3.63) is 47.5 Å². The van der Waals surface area contributed by atoms with Gasteiger partial charge in [-0.3, -0.25) is 9.48 Å². The lowest BCUT2D eigenvalue weighted by atomic mass is 9.86. The minimum atomic E-state index is 0.0997. The molecule has 0 radical (unpaired) electrons. The number of carbonyl (C=O) groups excluding carboxylic acids is 1. The molecule has 1 aliphatic carbocycles. The molecular formula is C28H39N5O. The molecule has 0 amide bonds. The Morgan fingerprint density at radius 1 is 0.853 bits per heavy atom. The second-order valence-corrected chi connectivity index (χ2v) is 9.02. The van der Waals surface area contributed by atoms with Gasteiger partial charge in [0, 0.05) is 35.3 Å². The average molecular weight is 462 g/mol. The van der Waals surface area contributed by atoms with E-state index in [0.29, 0.717) is 0 Å². The Hall–Kier alpha value is -2.70. The largest absolute Gasteiger partial charge is 0.384 e. The third kappa shape index (κ3) is 4.75. The van der Waals surface area contributed by atoms with Crippen LogP contribution in [-0.2, 0) is 6.54 Å². The van der Waals surface area contributed by atoms with Crippen molar-refractivity contribution in [3.8, 4) is 11.3 Å². The molecule has 1 N–H and O–H groups in total. The van der Waals surface area contributed by atoms with Gasteiger partial charge >= 0.3 is 0 Å². The van der Waals surface area contributed by atoms with Crippen molar-refractivity contribution < 1.29 is 4.79 Å². The zero-order valence-corrected chi connectivity index (χ0v) is 21.2. The number of hydrogen-bond donors (Lipinski definition) is 1. The molecular weight excluding hydrogens is 422 g/mol. The third-order valence-electron chi connectivity index (χ3n) is 7.21. The summed E-state index contributed by atoms with van der Waals surface area (Å²) in [5.74, 6) is 0.0997. The molecule has 0 atom stereocenters. The maximum absolute atomic E-state index is 13.6. The molecule has 0 aliphatic heterocycles. The van der Waals surface area contributed by atoms with E-state index in [1.165, 1.54) is 0 Å². The zero-order chi connectivity index (χ0) is 24.1. The monoisotopic (exact) mass is 461 g/mol. The number of ketones is 1. The number of carbonyl (C=O) groups is 1. The van der Waals surface area contributed by atoms with Crippen LogP contribution in [0.15, 0.2) is 36.4 Å². The van der Waals surface area contributed by atoms with Gasteiger partial charge in [0.15, 0.2) is 5.78 Å². The van der Waals surface area contributed by atoms with E-state index in [2.05, 4.69) is 59.6 Å². The molecule has 0 unspecified atom stereocenters. The lowest BCUT2D eigenvalue weighted by Gasteiger charge is -2.20. The first kappa shape index (κ1) is 24.4. The van der Waals surface area contributed by atoms with Crippen molar-refractivity contribution in [2.75, 3.05) is 51.1 Å². The SMILES string of the molecule is CCN(CC)CCCCNc1ccc2c3c(nn2CCN(CC)CC)-c2ccccc2C(=O)c13. The van der Waals surface area contributed by atoms with Gasteiger partial charge in [-0.2, -0.15) is 5.10 Å². The van der Waals surface area contributed by atoms with Gasteiger partial charge in [-0.15, -0.1) is 0 Å². The van der Waals surface area contributed by atoms with E-state index in [0.717, 1.165) is 104 Å². The molecule has 6 heteroatoms. The van der Waals surface area contributed by atoms with Gasteiger partial charge in [-0.05, 0) is 57.7 Å². The molecule has 34 heavy (non-hydrogen) atoms. The van der Waals surface area contributed by atoms with Crippen LogP contribution in [-0.4, -0.2) is 71.2 Å². The number of aromatic nitrogens is 2. The smallest absolute Gasteiger partial charge is 0.196 e. The Labute approximate surface area is 203 Å². The number of fused-ring (bicyclic) bond motifs is 2. The normalized spacial score (nSPS) is 12.7. The summed E-state index contributed by atoms with van der Waals surface area (Å²) >= 11 is 0. The van der Waals surface area contributed by atoms with E-state index in [4.69, 9.17) is 5.10 Å². The van der Waals surface area contributed by atoms with Crippen molar-refractivity contribution in [3.63, 3.8) is 0 Å². The van der Waals surface area contributed by atoms with Gasteiger partial charge < -0.3 is 15.1 Å². The highest BCUT2D eigenvalue weighted by molar-refractivity contribution is 6.27. The minimum Gasteiger partial charge on any atom is -0.384 e. The number of rotatable bonds is 13. The number of unbranched alkanes of at least 4 members (excludes halogenated alkanes) is 1. The fourth-order valence-corrected chi connectivity index (χ4v) is 5.03. The number of nitrogens with zero attached hydrogens (tertiary/aromatic N) is 4. The van der Waals surface area contributed by atoms with E-state index < -0.39 is 0 Å². The summed E-state index contributed by atoms with van der Waals surface area (Å²) < 4.78 is 2.09. The third-order valence-corrected chi connectivity index (χ3v) is 7.21. The summed E-state index contributed by atoms with van der Waals surface area (Å²) in [7, 11) is 0. The van der Waals surface area contributed by atoms with Gasteiger partial charge in [0.05, 0.1) is 17.6 Å². The Morgan fingerprint density at radius 3 is 2.24 bits per heavy atom. The van der Waals surface area contributed by atoms with Crippen LogP contribution in [0.25, 0.3) is 22.2 Å². The van der Waals surface area contributed by atoms with Crippen LogP contribution in [0.5, 0.6) is 0 Å². The molecule has 3 aromatic rings. The maximum atomic E-state index is 13.6. The van der Waals surface area contributed by atoms with Crippen LogP contribution < -0.4 is 5.32 Å². The molecule has 1 aromatic heterocycles. The molecule has 0 fully saturated rings. The van der Waals surface area contributed by atoms with Crippen LogP contribution in [0.2, 0.25) is 0 Å². The molecule has 0 saturated heterocycles. The van der Waals surface area contributed by atoms with E-state index >= 15 is 0 Å². The van der Waals surface area contributed by atoms with E-state index in [-0.39, 0.29) is 5.78 Å². The predicted octanol–water partition coefficient (Wildman–Crippen LogP) is 5.12. The Morgan fingerprint density at radius 2 is 1.53 bits per heavy atom. The predicted molar refractivity (Wildman–Crippen MR) is 142 cm³/mol. The van der Waals surface area contributed by atoms with Crippen molar-refractivity contribution in [1.82, 2.24) is 19.6 Å². The molecule has 4 rings (SSSR count). The van der Waals surface area contributed by atoms with Gasteiger partial charge in [0.25, 0.3) is 0 Å². The molecule has 2 aromatic carbocycles. The minimum absolute atomic E-state index is 0.0997. The molecule has 0 spiro atoms. The lowest BCUT2D eigenvalue weighted by molar-refractivity contribution is 0.104. The summed E-state index contributed by atoms with van der Waals surface area (Å²) in [5.41, 5.74) is 5.39. The lowest BCUT2D eigenvalue weighted by Crippen LogP contribution is -2.27. The second kappa shape index (κ2) is 11.2. The highest BCUT2D eigenvalue weighted by Gasteiger charge is 2.30. The quantitative estimate of drug-likeness (QED) is 0.280. The van der Waals surface area contributed by atoms with Crippen LogP contribution in [0.3, 0.4) is 0 Å². The zero-order valence-electron chi connectivity index (χ0n) is 21.2. The van der Waals surface area contributed by atoms with Crippen molar-refractivity contribution in [2.24, 2.45) is 0 Å². The number of anilines is 1. The topological polar surface area (TPSA) is 53.4 Å². The van der Waals surface area contributed by atoms with E-state index in [9.17, 15) is 4.79 Å². The summed E-state index contributed by atoms with van der Waals surface area (Å²) in [4.78, 5) is 18.5. The van der Waals surface area contributed by atoms with Gasteiger partial charge in [0.1, 0.15) is 5.69 Å². The number of hydrogen-bond acceptors (Lipinski definition) is 5. The molecule has 6 nitrogen and oxygen atoms in total. The molecule has 0 bridgehead atoms. The summed E-state index contributed by atoms with van der Waals surface area (Å²) in [6, 6.07) is 12.1. The van der Waals surface area contributed by atoms with Gasteiger partial charge in [-0.1, -0.05) is 52.0 Å². The summed E-state index contributed by atoms with van der Waals surface area (Å²) in [5, 5.41) is 9.61. The number of likely N-dealkylation sites (N-methyl/N-ethyl adjacent to an activating group) is 1. The van der Waals surface area contributed by atoms with E-state index in [1.54, 1.807) is 0 Å². The first-order valence-corrected chi connectivity index (χ1v) is 13.0. The van der Waals surface area contributed by atoms with Crippen molar-refractivity contribution in [1.29, 1.82) is 0 Å². The Bertz CT molecular complexity index is 1130. The van der Waals surface area contributed by atoms with Crippen LogP contribution in [0.4, 0.5) is 5.69 Å². The average Bonchev–Trinajstić information content (AvgIpc) is 3.24. The highest BCUT2D eigenvalue weighted by Crippen LogP contribution is 2.41. The van der Waals surface area contributed by atoms with Crippen molar-refractivity contribution >= 4 is 22.4 Å². The van der Waals surface area contributed by atoms with Crippen LogP contribution in [0, 0.1) is 0 Å². The maximum Gasteiger partial charge on any atom is 0.196 e. The Balaban J connectivity index is 1.63. The molecule has 182 valence electrons. The summed E-state index contributed by atoms with van der Waals surface area (Å²) in [6.07, 6.45) is 2.23. The van der Waals surface area contributed by atoms with Crippen LogP contribution >= 0.6 is 0 Å². The Kier molecular flexibility index (Phi) is 8.01. The molecule has 0 saturated carbocycles. The fraction of sp³-hybridized carbons (Fsp3) is 0.500. The first-order chi connectivity index (χ1) is 16.6. The van der Waals surface area contributed by atoms with Crippen molar-refractivity contribution in [2.45, 2.75) is 47.1 Å². The summed E-state index contributed by atoms with van der Waals surface area (Å²) in [6.45, 7) is 16.8. The second-order valence-electron chi connectivity index (χ2n) is 9.02. The molecule has 1 aliphatic rings. The number of nitrogens with one attached hydrogen (secondary N) is 1. The highest BCUT2D eigenvalue weighted by atomic mass is 16.1. The van der Waals surface area contributed by atoms with Crippen LogP contribution in [0.1, 0.15) is 56.5 Å².